The Morgan fingerprint density at radius 2 is 1.74 bits per heavy atom. The molecule has 0 bridgehead atoms. The van der Waals surface area contributed by atoms with Crippen LogP contribution in [0.4, 0.5) is 0 Å². The maximum atomic E-state index is 11.8. The van der Waals surface area contributed by atoms with Gasteiger partial charge in [0.25, 0.3) is 5.56 Å². The van der Waals surface area contributed by atoms with Crippen LogP contribution in [-0.4, -0.2) is 18.2 Å². The summed E-state index contributed by atoms with van der Waals surface area (Å²) in [7, 11) is 0. The zero-order chi connectivity index (χ0) is 19.2. The summed E-state index contributed by atoms with van der Waals surface area (Å²) < 4.78 is 12.9. The van der Waals surface area contributed by atoms with E-state index in [-0.39, 0.29) is 5.56 Å². The van der Waals surface area contributed by atoms with Crippen molar-refractivity contribution < 1.29 is 9.47 Å². The summed E-state index contributed by atoms with van der Waals surface area (Å²) in [6.07, 6.45) is 2.63. The molecule has 4 nitrogen and oxygen atoms in total. The van der Waals surface area contributed by atoms with Gasteiger partial charge < -0.3 is 14.5 Å². The first-order chi connectivity index (χ1) is 13.0. The van der Waals surface area contributed by atoms with E-state index in [0.29, 0.717) is 22.4 Å². The second-order valence-corrected chi connectivity index (χ2v) is 7.57. The van der Waals surface area contributed by atoms with E-state index in [1.165, 1.54) is 22.5 Å². The summed E-state index contributed by atoms with van der Waals surface area (Å²) in [4.78, 5) is 14.5. The Kier molecular flexibility index (Phi) is 6.14. The van der Waals surface area contributed by atoms with Crippen molar-refractivity contribution in [3.8, 4) is 11.5 Å². The van der Waals surface area contributed by atoms with Crippen LogP contribution in [-0.2, 0) is 0 Å². The molecule has 0 spiro atoms. The highest BCUT2D eigenvalue weighted by molar-refractivity contribution is 7.07. The summed E-state index contributed by atoms with van der Waals surface area (Å²) >= 11 is 1.35. The number of ether oxygens (including phenoxy) is 2. The molecule has 3 aromatic rings. The molecule has 1 N–H and O–H groups in total. The number of aromatic nitrogens is 1. The number of H-pyrrole nitrogens is 1. The van der Waals surface area contributed by atoms with E-state index >= 15 is 0 Å². The average molecular weight is 381 g/mol. The SMILES string of the molecule is C=c1[nH]c(=O)c(=Cc2cccc(OCCCOc3cc(C)cc(C)c3)c2)s1. The summed E-state index contributed by atoms with van der Waals surface area (Å²) in [6.45, 7) is 9.05. The van der Waals surface area contributed by atoms with Crippen molar-refractivity contribution >= 4 is 24.0 Å². The number of hydrogen-bond donors (Lipinski definition) is 1. The van der Waals surface area contributed by atoms with E-state index in [0.717, 1.165) is 23.5 Å². The zero-order valence-electron chi connectivity index (χ0n) is 15.6. The van der Waals surface area contributed by atoms with E-state index in [1.807, 2.05) is 42.5 Å². The molecule has 0 fully saturated rings. The molecule has 3 rings (SSSR count). The molecule has 1 heterocycles. The molecule has 0 aliphatic carbocycles. The third kappa shape index (κ3) is 5.59. The molecule has 0 radical (unpaired) electrons. The van der Waals surface area contributed by atoms with Gasteiger partial charge in [-0.1, -0.05) is 24.8 Å². The molecule has 5 heteroatoms. The number of rotatable bonds is 7. The van der Waals surface area contributed by atoms with Gasteiger partial charge in [-0.15, -0.1) is 11.3 Å². The molecule has 0 atom stereocenters. The first-order valence-electron chi connectivity index (χ1n) is 8.83. The fourth-order valence-corrected chi connectivity index (χ4v) is 3.54. The molecule has 0 saturated carbocycles. The average Bonchev–Trinajstić information content (AvgIpc) is 2.91. The van der Waals surface area contributed by atoms with Crippen LogP contribution in [0.1, 0.15) is 23.1 Å². The first-order valence-corrected chi connectivity index (χ1v) is 9.65. The largest absolute Gasteiger partial charge is 0.493 e. The molecule has 0 amide bonds. The van der Waals surface area contributed by atoms with E-state index in [9.17, 15) is 4.79 Å². The number of nitrogens with one attached hydrogen (secondary N) is 1. The minimum Gasteiger partial charge on any atom is -0.493 e. The van der Waals surface area contributed by atoms with E-state index in [2.05, 4.69) is 31.5 Å². The summed E-state index contributed by atoms with van der Waals surface area (Å²) in [5.74, 6) is 1.67. The van der Waals surface area contributed by atoms with Gasteiger partial charge in [0.05, 0.1) is 22.4 Å². The predicted octanol–water partition coefficient (Wildman–Crippen LogP) is 3.14. The number of aromatic amines is 1. The van der Waals surface area contributed by atoms with Crippen molar-refractivity contribution in [3.63, 3.8) is 0 Å². The summed E-state index contributed by atoms with van der Waals surface area (Å²) in [6, 6.07) is 13.9. The lowest BCUT2D eigenvalue weighted by Gasteiger charge is -2.09. The third-order valence-corrected chi connectivity index (χ3v) is 4.76. The van der Waals surface area contributed by atoms with Crippen LogP contribution in [0.3, 0.4) is 0 Å². The molecule has 0 aliphatic heterocycles. The Hall–Kier alpha value is -2.79. The van der Waals surface area contributed by atoms with E-state index in [1.54, 1.807) is 0 Å². The first kappa shape index (κ1) is 19.0. The molecule has 27 heavy (non-hydrogen) atoms. The molecule has 0 unspecified atom stereocenters. The van der Waals surface area contributed by atoms with Crippen LogP contribution in [0.15, 0.2) is 47.3 Å². The topological polar surface area (TPSA) is 51.3 Å². The van der Waals surface area contributed by atoms with Crippen LogP contribution < -0.4 is 24.2 Å². The molecular formula is C22H23NO3S. The monoisotopic (exact) mass is 381 g/mol. The zero-order valence-corrected chi connectivity index (χ0v) is 16.4. The number of benzene rings is 2. The molecule has 1 aromatic heterocycles. The van der Waals surface area contributed by atoms with Crippen LogP contribution in [0, 0.1) is 13.8 Å². The van der Waals surface area contributed by atoms with Crippen molar-refractivity contribution in [1.82, 2.24) is 4.98 Å². The minimum absolute atomic E-state index is 0.111. The van der Waals surface area contributed by atoms with Crippen molar-refractivity contribution in [2.75, 3.05) is 13.2 Å². The van der Waals surface area contributed by atoms with Crippen molar-refractivity contribution in [3.05, 3.63) is 78.7 Å². The van der Waals surface area contributed by atoms with Crippen LogP contribution in [0.2, 0.25) is 0 Å². The minimum atomic E-state index is -0.111. The van der Waals surface area contributed by atoms with Gasteiger partial charge in [-0.05, 0) is 60.9 Å². The number of thiazole rings is 1. The lowest BCUT2D eigenvalue weighted by Crippen LogP contribution is -2.19. The van der Waals surface area contributed by atoms with Crippen LogP contribution in [0.5, 0.6) is 11.5 Å². The Bertz CT molecular complexity index is 1060. The van der Waals surface area contributed by atoms with Gasteiger partial charge in [-0.3, -0.25) is 4.79 Å². The van der Waals surface area contributed by atoms with Crippen molar-refractivity contribution in [2.45, 2.75) is 20.3 Å². The Morgan fingerprint density at radius 1 is 1.04 bits per heavy atom. The standard InChI is InChI=1S/C22H23NO3S/c1-15-10-16(2)12-20(11-15)26-9-5-8-25-19-7-4-6-18(13-19)14-21-22(24)23-17(3)27-21/h4,6-7,10-14H,3,5,8-9H2,1-2H3,(H,23,24). The Labute approximate surface area is 162 Å². The van der Waals surface area contributed by atoms with Gasteiger partial charge in [0, 0.05) is 6.42 Å². The maximum Gasteiger partial charge on any atom is 0.266 e. The van der Waals surface area contributed by atoms with E-state index < -0.39 is 0 Å². The van der Waals surface area contributed by atoms with Gasteiger partial charge in [0.1, 0.15) is 11.5 Å². The van der Waals surface area contributed by atoms with Crippen LogP contribution in [0.25, 0.3) is 12.7 Å². The lowest BCUT2D eigenvalue weighted by atomic mass is 10.1. The van der Waals surface area contributed by atoms with E-state index in [4.69, 9.17) is 9.47 Å². The Morgan fingerprint density at radius 3 is 2.41 bits per heavy atom. The van der Waals surface area contributed by atoms with Crippen molar-refractivity contribution in [1.29, 1.82) is 0 Å². The molecular weight excluding hydrogens is 358 g/mol. The smallest absolute Gasteiger partial charge is 0.266 e. The fourth-order valence-electron chi connectivity index (χ4n) is 2.79. The summed E-state index contributed by atoms with van der Waals surface area (Å²) in [5, 5.41) is 0. The van der Waals surface area contributed by atoms with Gasteiger partial charge in [-0.2, -0.15) is 0 Å². The Balaban J connectivity index is 1.53. The highest BCUT2D eigenvalue weighted by Crippen LogP contribution is 2.17. The third-order valence-electron chi connectivity index (χ3n) is 3.89. The quantitative estimate of drug-likeness (QED) is 0.640. The molecule has 140 valence electrons. The normalized spacial score (nSPS) is 11.6. The highest BCUT2D eigenvalue weighted by Gasteiger charge is 2.00. The van der Waals surface area contributed by atoms with Gasteiger partial charge in [0.15, 0.2) is 0 Å². The molecule has 0 aliphatic rings. The second-order valence-electron chi connectivity index (χ2n) is 6.43. The second kappa shape index (κ2) is 8.73. The molecule has 2 aromatic carbocycles. The summed E-state index contributed by atoms with van der Waals surface area (Å²) in [5.41, 5.74) is 3.21. The lowest BCUT2D eigenvalue weighted by molar-refractivity contribution is 0.247. The van der Waals surface area contributed by atoms with Gasteiger partial charge >= 0.3 is 0 Å². The van der Waals surface area contributed by atoms with Gasteiger partial charge in [0.2, 0.25) is 0 Å². The highest BCUT2D eigenvalue weighted by atomic mass is 32.1. The van der Waals surface area contributed by atoms with Crippen molar-refractivity contribution in [2.24, 2.45) is 0 Å². The number of aryl methyl sites for hydroxylation is 2. The number of hydrogen-bond acceptors (Lipinski definition) is 4. The molecule has 0 saturated heterocycles. The fraction of sp³-hybridized carbons (Fsp3) is 0.227. The maximum absolute atomic E-state index is 11.8. The van der Waals surface area contributed by atoms with Gasteiger partial charge in [-0.25, -0.2) is 0 Å². The van der Waals surface area contributed by atoms with Crippen LogP contribution >= 0.6 is 11.3 Å². The predicted molar refractivity (Wildman–Crippen MR) is 111 cm³/mol.